The molecule has 7 nitrogen and oxygen atoms in total. The maximum absolute atomic E-state index is 11.7. The highest BCUT2D eigenvalue weighted by atomic mass is 16.6. The molecule has 0 heterocycles. The van der Waals surface area contributed by atoms with Crippen LogP contribution in [0.1, 0.15) is 78.6 Å². The predicted octanol–water partition coefficient (Wildman–Crippen LogP) is 4.75. The van der Waals surface area contributed by atoms with E-state index in [1.807, 2.05) is 0 Å². The zero-order valence-corrected chi connectivity index (χ0v) is 19.1. The molecule has 1 aliphatic carbocycles. The summed E-state index contributed by atoms with van der Waals surface area (Å²) in [4.78, 5) is 22.4. The number of hydrogen-bond donors (Lipinski definition) is 1. The van der Waals surface area contributed by atoms with Gasteiger partial charge in [-0.3, -0.25) is 9.59 Å². The highest BCUT2D eigenvalue weighted by molar-refractivity contribution is 5.67. The largest absolute Gasteiger partial charge is 0.508 e. The topological polar surface area (TPSA) is 91.3 Å². The fourth-order valence-corrected chi connectivity index (χ4v) is 3.89. The van der Waals surface area contributed by atoms with Crippen LogP contribution < -0.4 is 0 Å². The minimum atomic E-state index is -0.938. The maximum atomic E-state index is 11.7. The van der Waals surface area contributed by atoms with Crippen LogP contribution in [0.15, 0.2) is 23.2 Å². The van der Waals surface area contributed by atoms with Crippen molar-refractivity contribution in [3.05, 3.63) is 23.2 Å². The Morgan fingerprint density at radius 1 is 0.967 bits per heavy atom. The second kappa shape index (κ2) is 13.3. The Hall–Kier alpha value is -2.02. The monoisotopic (exact) mass is 426 g/mol. The van der Waals surface area contributed by atoms with Gasteiger partial charge in [-0.15, -0.1) is 0 Å². The van der Waals surface area contributed by atoms with Gasteiger partial charge in [-0.25, -0.2) is 0 Å². The number of carbonyl (C=O) groups excluding carboxylic acids is 2. The lowest BCUT2D eigenvalue weighted by Gasteiger charge is -2.42. The number of aliphatic hydroxyl groups excluding tert-OH is 1. The smallest absolute Gasteiger partial charge is 0.303 e. The molecule has 172 valence electrons. The highest BCUT2D eigenvalue weighted by Crippen LogP contribution is 2.41. The highest BCUT2D eigenvalue weighted by Gasteiger charge is 2.49. The molecule has 0 aromatic heterocycles. The zero-order valence-electron chi connectivity index (χ0n) is 19.1. The molecule has 7 heteroatoms. The standard InChI is InChI=1S/C23H38O7/c1-17-20(26)16-21(27-4)22(30-19(3)25)23(17,28-5)14-12-10-8-6-7-9-11-13-15-29-18(2)24/h16,22,26H,6-15H2,1-5H3. The first-order chi connectivity index (χ1) is 14.3. The van der Waals surface area contributed by atoms with Gasteiger partial charge in [0.05, 0.1) is 13.7 Å². The van der Waals surface area contributed by atoms with E-state index in [1.165, 1.54) is 27.0 Å². The molecule has 0 aliphatic heterocycles. The van der Waals surface area contributed by atoms with Crippen LogP contribution in [0.4, 0.5) is 0 Å². The number of rotatable bonds is 14. The Morgan fingerprint density at radius 3 is 2.03 bits per heavy atom. The molecule has 2 atom stereocenters. The quantitative estimate of drug-likeness (QED) is 0.316. The molecule has 30 heavy (non-hydrogen) atoms. The molecule has 2 unspecified atom stereocenters. The molecule has 0 spiro atoms. The van der Waals surface area contributed by atoms with Crippen molar-refractivity contribution < 1.29 is 33.6 Å². The lowest BCUT2D eigenvalue weighted by atomic mass is 9.78. The fraction of sp³-hybridized carbons (Fsp3) is 0.739. The number of hydrogen-bond acceptors (Lipinski definition) is 7. The van der Waals surface area contributed by atoms with Crippen molar-refractivity contribution in [2.24, 2.45) is 0 Å². The number of aliphatic hydroxyl groups is 1. The van der Waals surface area contributed by atoms with Crippen molar-refractivity contribution in [1.82, 2.24) is 0 Å². The van der Waals surface area contributed by atoms with Crippen molar-refractivity contribution in [1.29, 1.82) is 0 Å². The van der Waals surface area contributed by atoms with E-state index in [1.54, 1.807) is 14.0 Å². The first kappa shape index (κ1) is 26.0. The van der Waals surface area contributed by atoms with Gasteiger partial charge in [0.15, 0.2) is 6.10 Å². The molecule has 0 aromatic rings. The molecule has 0 saturated heterocycles. The van der Waals surface area contributed by atoms with E-state index >= 15 is 0 Å². The van der Waals surface area contributed by atoms with Gasteiger partial charge < -0.3 is 24.1 Å². The first-order valence-corrected chi connectivity index (χ1v) is 10.8. The van der Waals surface area contributed by atoms with E-state index < -0.39 is 17.7 Å². The molecule has 0 radical (unpaired) electrons. The van der Waals surface area contributed by atoms with Gasteiger partial charge in [0.1, 0.15) is 17.1 Å². The van der Waals surface area contributed by atoms with Gasteiger partial charge in [0.25, 0.3) is 0 Å². The number of carbonyl (C=O) groups is 2. The average molecular weight is 427 g/mol. The molecule has 0 bridgehead atoms. The summed E-state index contributed by atoms with van der Waals surface area (Å²) in [6.07, 6.45) is 9.79. The SMILES string of the molecule is COC1=CC(O)=C(C)C(CCCCCCCCCCOC(C)=O)(OC)C1OC(C)=O. The van der Waals surface area contributed by atoms with Gasteiger partial charge in [0, 0.05) is 32.6 Å². The van der Waals surface area contributed by atoms with Gasteiger partial charge in [-0.2, -0.15) is 0 Å². The van der Waals surface area contributed by atoms with Crippen LogP contribution in [-0.2, 0) is 28.5 Å². The number of unbranched alkanes of at least 4 members (excludes halogenated alkanes) is 7. The van der Waals surface area contributed by atoms with E-state index in [-0.39, 0.29) is 11.7 Å². The Morgan fingerprint density at radius 2 is 1.53 bits per heavy atom. The molecule has 1 rings (SSSR count). The van der Waals surface area contributed by atoms with Crippen LogP contribution in [0, 0.1) is 0 Å². The molecule has 1 aliphatic rings. The van der Waals surface area contributed by atoms with Crippen molar-refractivity contribution in [2.75, 3.05) is 20.8 Å². The summed E-state index contributed by atoms with van der Waals surface area (Å²) in [5.41, 5.74) is -0.295. The first-order valence-electron chi connectivity index (χ1n) is 10.8. The zero-order chi connectivity index (χ0) is 22.6. The Kier molecular flexibility index (Phi) is 11.5. The van der Waals surface area contributed by atoms with Crippen LogP contribution in [-0.4, -0.2) is 49.6 Å². The summed E-state index contributed by atoms with van der Waals surface area (Å²) in [6, 6.07) is 0. The lowest BCUT2D eigenvalue weighted by Crippen LogP contribution is -2.51. The van der Waals surface area contributed by atoms with E-state index in [0.29, 0.717) is 24.4 Å². The van der Waals surface area contributed by atoms with Crippen molar-refractivity contribution >= 4 is 11.9 Å². The molecule has 0 fully saturated rings. The Labute approximate surface area is 180 Å². The molecular weight excluding hydrogens is 388 g/mol. The summed E-state index contributed by atoms with van der Waals surface area (Å²) in [5.74, 6) is -0.175. The van der Waals surface area contributed by atoms with Crippen LogP contribution in [0.3, 0.4) is 0 Å². The minimum absolute atomic E-state index is 0.0888. The molecule has 0 amide bonds. The Bertz CT molecular complexity index is 623. The predicted molar refractivity (Wildman–Crippen MR) is 114 cm³/mol. The number of esters is 2. The van der Waals surface area contributed by atoms with Gasteiger partial charge in [-0.05, 0) is 19.8 Å². The van der Waals surface area contributed by atoms with Gasteiger partial charge >= 0.3 is 11.9 Å². The van der Waals surface area contributed by atoms with E-state index in [9.17, 15) is 14.7 Å². The summed E-state index contributed by atoms with van der Waals surface area (Å²) < 4.78 is 21.7. The van der Waals surface area contributed by atoms with Crippen molar-refractivity contribution in [2.45, 2.75) is 90.3 Å². The molecule has 0 saturated carbocycles. The molecular formula is C23H38O7. The summed E-state index contributed by atoms with van der Waals surface area (Å²) in [6.45, 7) is 5.09. The van der Waals surface area contributed by atoms with Crippen LogP contribution in [0.2, 0.25) is 0 Å². The Balaban J connectivity index is 2.49. The second-order valence-electron chi connectivity index (χ2n) is 7.76. The van der Waals surface area contributed by atoms with Crippen LogP contribution in [0.5, 0.6) is 0 Å². The summed E-state index contributed by atoms with van der Waals surface area (Å²) in [7, 11) is 3.06. The lowest BCUT2D eigenvalue weighted by molar-refractivity contribution is -0.163. The molecule has 1 N–H and O–H groups in total. The number of ether oxygens (including phenoxy) is 4. The third-order valence-corrected chi connectivity index (χ3v) is 5.61. The third-order valence-electron chi connectivity index (χ3n) is 5.61. The fourth-order valence-electron chi connectivity index (χ4n) is 3.89. The van der Waals surface area contributed by atoms with Gasteiger partial charge in [0.2, 0.25) is 0 Å². The molecule has 0 aromatic carbocycles. The maximum Gasteiger partial charge on any atom is 0.303 e. The summed E-state index contributed by atoms with van der Waals surface area (Å²) in [5, 5.41) is 10.4. The van der Waals surface area contributed by atoms with E-state index in [0.717, 1.165) is 51.4 Å². The van der Waals surface area contributed by atoms with Gasteiger partial charge in [-0.1, -0.05) is 44.9 Å². The third kappa shape index (κ3) is 7.67. The van der Waals surface area contributed by atoms with E-state index in [2.05, 4.69) is 0 Å². The van der Waals surface area contributed by atoms with E-state index in [4.69, 9.17) is 18.9 Å². The minimum Gasteiger partial charge on any atom is -0.508 e. The van der Waals surface area contributed by atoms with Crippen LogP contribution in [0.25, 0.3) is 0 Å². The number of allylic oxidation sites excluding steroid dienone is 1. The second-order valence-corrected chi connectivity index (χ2v) is 7.76. The van der Waals surface area contributed by atoms with Crippen LogP contribution >= 0.6 is 0 Å². The van der Waals surface area contributed by atoms with Crippen molar-refractivity contribution in [3.8, 4) is 0 Å². The average Bonchev–Trinajstić information content (AvgIpc) is 2.70. The van der Waals surface area contributed by atoms with Crippen molar-refractivity contribution in [3.63, 3.8) is 0 Å². The normalized spacial score (nSPS) is 21.2. The number of methoxy groups -OCH3 is 2. The summed E-state index contributed by atoms with van der Waals surface area (Å²) >= 11 is 0.